The molecule has 1 atom stereocenters. The van der Waals surface area contributed by atoms with Gasteiger partial charge < -0.3 is 4.74 Å². The molecule has 8 nitrogen and oxygen atoms in total. The third-order valence-corrected chi connectivity index (χ3v) is 5.45. The van der Waals surface area contributed by atoms with Crippen LogP contribution in [0.3, 0.4) is 0 Å². The number of aryl methyl sites for hydroxylation is 1. The molecular formula is C18H17ClN6O2. The van der Waals surface area contributed by atoms with E-state index in [0.29, 0.717) is 33.3 Å². The van der Waals surface area contributed by atoms with Gasteiger partial charge in [-0.25, -0.2) is 4.98 Å². The van der Waals surface area contributed by atoms with Gasteiger partial charge in [-0.3, -0.25) is 13.8 Å². The van der Waals surface area contributed by atoms with E-state index in [1.54, 1.807) is 31.2 Å². The number of nitrogens with zero attached hydrogens (tertiary/aromatic N) is 6. The predicted molar refractivity (Wildman–Crippen MR) is 100 cm³/mol. The maximum atomic E-state index is 12.9. The summed E-state index contributed by atoms with van der Waals surface area (Å²) in [6.45, 7) is 0. The van der Waals surface area contributed by atoms with E-state index in [-0.39, 0.29) is 11.7 Å². The first-order valence-electron chi connectivity index (χ1n) is 8.70. The number of fused-ring (bicyclic) bond motifs is 3. The standard InChI is InChI=1S/C18H17ClN6O2/c1-23-17-16(25-8-12(21-22-25)15(27-2)10-6-7-10)20-9-24(17)13-5-3-4-11(19)14(13)18(23)26/h3-5,8-10,15H,6-7H2,1-2H3. The summed E-state index contributed by atoms with van der Waals surface area (Å²) < 4.78 is 10.5. The average Bonchev–Trinajstić information content (AvgIpc) is 3.20. The summed E-state index contributed by atoms with van der Waals surface area (Å²) in [4.78, 5) is 17.4. The molecule has 5 rings (SSSR count). The molecular weight excluding hydrogens is 368 g/mol. The fourth-order valence-corrected chi connectivity index (χ4v) is 3.89. The zero-order valence-corrected chi connectivity index (χ0v) is 15.6. The van der Waals surface area contributed by atoms with Crippen LogP contribution in [0.4, 0.5) is 0 Å². The first kappa shape index (κ1) is 16.5. The largest absolute Gasteiger partial charge is 0.375 e. The van der Waals surface area contributed by atoms with Crippen LogP contribution in [-0.4, -0.2) is 36.1 Å². The highest BCUT2D eigenvalue weighted by Crippen LogP contribution is 2.42. The fraction of sp³-hybridized carbons (Fsp3) is 0.333. The van der Waals surface area contributed by atoms with Crippen molar-refractivity contribution in [1.29, 1.82) is 0 Å². The molecule has 1 saturated carbocycles. The number of benzene rings is 1. The summed E-state index contributed by atoms with van der Waals surface area (Å²) in [5, 5.41) is 9.38. The van der Waals surface area contributed by atoms with Crippen LogP contribution >= 0.6 is 11.6 Å². The topological polar surface area (TPSA) is 79.2 Å². The Morgan fingerprint density at radius 3 is 2.89 bits per heavy atom. The minimum Gasteiger partial charge on any atom is -0.375 e. The molecule has 9 heteroatoms. The maximum Gasteiger partial charge on any atom is 0.262 e. The average molecular weight is 385 g/mol. The van der Waals surface area contributed by atoms with Crippen molar-refractivity contribution in [3.8, 4) is 5.82 Å². The van der Waals surface area contributed by atoms with Crippen LogP contribution in [0.1, 0.15) is 24.6 Å². The van der Waals surface area contributed by atoms with E-state index in [4.69, 9.17) is 16.3 Å². The lowest BCUT2D eigenvalue weighted by atomic mass is 10.2. The zero-order valence-electron chi connectivity index (χ0n) is 14.8. The number of hydrogen-bond acceptors (Lipinski definition) is 5. The monoisotopic (exact) mass is 384 g/mol. The number of imidazole rings is 1. The second kappa shape index (κ2) is 5.90. The maximum absolute atomic E-state index is 12.9. The SMILES string of the molecule is COC(c1cn(-c2ncn3c4cccc(Cl)c4c(=O)n(C)c23)nn1)C1CC1. The zero-order chi connectivity index (χ0) is 18.7. The van der Waals surface area contributed by atoms with Crippen molar-refractivity contribution in [3.05, 3.63) is 51.8 Å². The van der Waals surface area contributed by atoms with Gasteiger partial charge in [0.15, 0.2) is 11.5 Å². The molecule has 1 aromatic carbocycles. The van der Waals surface area contributed by atoms with Crippen molar-refractivity contribution in [2.45, 2.75) is 18.9 Å². The lowest BCUT2D eigenvalue weighted by molar-refractivity contribution is 0.0810. The number of rotatable bonds is 4. The van der Waals surface area contributed by atoms with Crippen LogP contribution in [0, 0.1) is 5.92 Å². The predicted octanol–water partition coefficient (Wildman–Crippen LogP) is 2.52. The van der Waals surface area contributed by atoms with E-state index < -0.39 is 0 Å². The second-order valence-electron chi connectivity index (χ2n) is 6.84. The van der Waals surface area contributed by atoms with Gasteiger partial charge in [-0.2, -0.15) is 4.68 Å². The number of halogens is 1. The van der Waals surface area contributed by atoms with Crippen molar-refractivity contribution >= 4 is 28.2 Å². The van der Waals surface area contributed by atoms with Crippen LogP contribution < -0.4 is 5.56 Å². The molecule has 3 heterocycles. The molecule has 4 aromatic rings. The molecule has 3 aromatic heterocycles. The molecule has 1 fully saturated rings. The van der Waals surface area contributed by atoms with E-state index in [9.17, 15) is 4.79 Å². The number of aromatic nitrogens is 6. The Kier molecular flexibility index (Phi) is 3.60. The Balaban J connectivity index is 1.73. The van der Waals surface area contributed by atoms with Crippen molar-refractivity contribution in [2.24, 2.45) is 13.0 Å². The van der Waals surface area contributed by atoms with Gasteiger partial charge >= 0.3 is 0 Å². The number of methoxy groups -OCH3 is 1. The Labute approximate surface area is 158 Å². The van der Waals surface area contributed by atoms with Crippen molar-refractivity contribution in [1.82, 2.24) is 28.9 Å². The quantitative estimate of drug-likeness (QED) is 0.540. The first-order chi connectivity index (χ1) is 13.1. The van der Waals surface area contributed by atoms with Crippen LogP contribution in [0.2, 0.25) is 5.02 Å². The number of ether oxygens (including phenoxy) is 1. The van der Waals surface area contributed by atoms with Crippen molar-refractivity contribution in [2.75, 3.05) is 7.11 Å². The molecule has 0 amide bonds. The van der Waals surface area contributed by atoms with E-state index in [1.807, 2.05) is 22.7 Å². The lowest BCUT2D eigenvalue weighted by Crippen LogP contribution is -2.20. The van der Waals surface area contributed by atoms with Gasteiger partial charge in [0.25, 0.3) is 5.56 Å². The van der Waals surface area contributed by atoms with Crippen molar-refractivity contribution < 1.29 is 4.74 Å². The smallest absolute Gasteiger partial charge is 0.262 e. The Morgan fingerprint density at radius 1 is 1.33 bits per heavy atom. The first-order valence-corrected chi connectivity index (χ1v) is 9.07. The Morgan fingerprint density at radius 2 is 2.15 bits per heavy atom. The Hall–Kier alpha value is -2.71. The fourth-order valence-electron chi connectivity index (χ4n) is 3.64. The van der Waals surface area contributed by atoms with Gasteiger partial charge in [0.05, 0.1) is 22.1 Å². The molecule has 1 unspecified atom stereocenters. The minimum atomic E-state index is -0.182. The van der Waals surface area contributed by atoms with Gasteiger partial charge in [0.2, 0.25) is 0 Å². The van der Waals surface area contributed by atoms with Gasteiger partial charge in [-0.05, 0) is 30.9 Å². The third kappa shape index (κ3) is 2.40. The molecule has 27 heavy (non-hydrogen) atoms. The molecule has 0 spiro atoms. The third-order valence-electron chi connectivity index (χ3n) is 5.13. The molecule has 0 saturated heterocycles. The van der Waals surface area contributed by atoms with E-state index in [2.05, 4.69) is 15.3 Å². The van der Waals surface area contributed by atoms with Crippen LogP contribution in [-0.2, 0) is 11.8 Å². The molecule has 1 aliphatic carbocycles. The summed E-state index contributed by atoms with van der Waals surface area (Å²) >= 11 is 6.26. The number of hydrogen-bond donors (Lipinski definition) is 0. The van der Waals surface area contributed by atoms with E-state index in [0.717, 1.165) is 18.5 Å². The van der Waals surface area contributed by atoms with Gasteiger partial charge in [0, 0.05) is 14.2 Å². The highest BCUT2D eigenvalue weighted by Gasteiger charge is 2.34. The molecule has 0 aliphatic heterocycles. The molecule has 0 bridgehead atoms. The van der Waals surface area contributed by atoms with Crippen LogP contribution in [0.25, 0.3) is 22.4 Å². The lowest BCUT2D eigenvalue weighted by Gasteiger charge is -2.10. The second-order valence-corrected chi connectivity index (χ2v) is 7.25. The van der Waals surface area contributed by atoms with Gasteiger partial charge in [-0.1, -0.05) is 22.9 Å². The summed E-state index contributed by atoms with van der Waals surface area (Å²) in [6.07, 6.45) is 5.71. The van der Waals surface area contributed by atoms with E-state index in [1.165, 1.54) is 4.57 Å². The molecule has 1 aliphatic rings. The summed E-state index contributed by atoms with van der Waals surface area (Å²) in [5.41, 5.74) is 1.91. The summed E-state index contributed by atoms with van der Waals surface area (Å²) in [5.74, 6) is 1.02. The van der Waals surface area contributed by atoms with Gasteiger partial charge in [-0.15, -0.1) is 5.10 Å². The molecule has 138 valence electrons. The Bertz CT molecular complexity index is 1240. The van der Waals surface area contributed by atoms with Crippen LogP contribution in [0.15, 0.2) is 35.5 Å². The van der Waals surface area contributed by atoms with Crippen molar-refractivity contribution in [3.63, 3.8) is 0 Å². The highest BCUT2D eigenvalue weighted by molar-refractivity contribution is 6.35. The van der Waals surface area contributed by atoms with E-state index >= 15 is 0 Å². The summed E-state index contributed by atoms with van der Waals surface area (Å²) in [7, 11) is 3.39. The van der Waals surface area contributed by atoms with Crippen LogP contribution in [0.5, 0.6) is 0 Å². The highest BCUT2D eigenvalue weighted by atomic mass is 35.5. The normalized spacial score (nSPS) is 15.7. The van der Waals surface area contributed by atoms with Gasteiger partial charge in [0.1, 0.15) is 18.1 Å². The summed E-state index contributed by atoms with van der Waals surface area (Å²) in [6, 6.07) is 5.37. The minimum absolute atomic E-state index is 0.0592. The molecule has 0 radical (unpaired) electrons. The molecule has 0 N–H and O–H groups in total.